The third-order valence-corrected chi connectivity index (χ3v) is 8.48. The van der Waals surface area contributed by atoms with Crippen LogP contribution in [-0.4, -0.2) is 43.8 Å². The van der Waals surface area contributed by atoms with Crippen molar-refractivity contribution < 1.29 is 22.4 Å². The van der Waals surface area contributed by atoms with Crippen LogP contribution in [0.3, 0.4) is 0 Å². The quantitative estimate of drug-likeness (QED) is 0.337. The SMILES string of the molecule is CCC(C)NC(=O)C(C)N(Cc1cccc(C)c1)C(=O)CN(c1ccc(F)c(Cl)c1)S(=O)(=O)c1ccccc1. The Morgan fingerprint density at radius 1 is 1.00 bits per heavy atom. The molecule has 0 aliphatic carbocycles. The summed E-state index contributed by atoms with van der Waals surface area (Å²) in [5.74, 6) is -1.68. The van der Waals surface area contributed by atoms with Gasteiger partial charge in [0.2, 0.25) is 11.8 Å². The van der Waals surface area contributed by atoms with Gasteiger partial charge in [-0.25, -0.2) is 12.8 Å². The van der Waals surface area contributed by atoms with Crippen LogP contribution in [0.15, 0.2) is 77.7 Å². The van der Waals surface area contributed by atoms with E-state index < -0.39 is 34.3 Å². The summed E-state index contributed by atoms with van der Waals surface area (Å²) < 4.78 is 42.3. The summed E-state index contributed by atoms with van der Waals surface area (Å²) >= 11 is 5.98. The van der Waals surface area contributed by atoms with Gasteiger partial charge < -0.3 is 10.2 Å². The van der Waals surface area contributed by atoms with Crippen LogP contribution in [0, 0.1) is 12.7 Å². The van der Waals surface area contributed by atoms with Crippen LogP contribution in [-0.2, 0) is 26.2 Å². The highest BCUT2D eigenvalue weighted by atomic mass is 35.5. The lowest BCUT2D eigenvalue weighted by atomic mass is 10.1. The molecule has 1 N–H and O–H groups in total. The van der Waals surface area contributed by atoms with Gasteiger partial charge in [-0.15, -0.1) is 0 Å². The van der Waals surface area contributed by atoms with Crippen LogP contribution in [0.5, 0.6) is 0 Å². The highest BCUT2D eigenvalue weighted by Crippen LogP contribution is 2.28. The number of rotatable bonds is 11. The zero-order chi connectivity index (χ0) is 28.7. The Kier molecular flexibility index (Phi) is 10.1. The average Bonchev–Trinajstić information content (AvgIpc) is 2.91. The number of hydrogen-bond acceptors (Lipinski definition) is 4. The van der Waals surface area contributed by atoms with Crippen LogP contribution in [0.2, 0.25) is 5.02 Å². The van der Waals surface area contributed by atoms with Gasteiger partial charge in [-0.2, -0.15) is 0 Å². The smallest absolute Gasteiger partial charge is 0.264 e. The Hall–Kier alpha value is -3.43. The Balaban J connectivity index is 2.04. The van der Waals surface area contributed by atoms with E-state index in [0.717, 1.165) is 27.6 Å². The van der Waals surface area contributed by atoms with Crippen molar-refractivity contribution >= 4 is 39.1 Å². The zero-order valence-corrected chi connectivity index (χ0v) is 24.0. The second kappa shape index (κ2) is 13.1. The van der Waals surface area contributed by atoms with Gasteiger partial charge in [0.05, 0.1) is 15.6 Å². The predicted molar refractivity (Wildman–Crippen MR) is 151 cm³/mol. The Labute approximate surface area is 234 Å². The molecular formula is C29H33ClFN3O4S. The third kappa shape index (κ3) is 7.58. The fourth-order valence-corrected chi connectivity index (χ4v) is 5.55. The first kappa shape index (κ1) is 30.1. The highest BCUT2D eigenvalue weighted by molar-refractivity contribution is 7.92. The average molecular weight is 574 g/mol. The van der Waals surface area contributed by atoms with Crippen LogP contribution in [0.25, 0.3) is 0 Å². The molecule has 7 nitrogen and oxygen atoms in total. The molecule has 0 saturated carbocycles. The minimum atomic E-state index is -4.26. The number of nitrogens with one attached hydrogen (secondary N) is 1. The van der Waals surface area contributed by atoms with Crippen molar-refractivity contribution in [2.45, 2.75) is 57.6 Å². The van der Waals surface area contributed by atoms with Crippen molar-refractivity contribution in [1.82, 2.24) is 10.2 Å². The van der Waals surface area contributed by atoms with E-state index in [1.807, 2.05) is 45.0 Å². The molecule has 2 amide bonds. The molecule has 39 heavy (non-hydrogen) atoms. The summed E-state index contributed by atoms with van der Waals surface area (Å²) in [6, 6.07) is 17.6. The molecule has 208 valence electrons. The standard InChI is InChI=1S/C29H33ClFN3O4S/c1-5-21(3)32-29(36)22(4)33(18-23-11-9-10-20(2)16-23)28(35)19-34(24-14-15-27(31)26(30)17-24)39(37,38)25-12-7-6-8-13-25/h6-17,21-22H,5,18-19H2,1-4H3,(H,32,36). The number of carbonyl (C=O) groups excluding carboxylic acids is 2. The molecule has 0 heterocycles. The summed E-state index contributed by atoms with van der Waals surface area (Å²) in [6.45, 7) is 6.78. The molecule has 0 bridgehead atoms. The van der Waals surface area contributed by atoms with Crippen molar-refractivity contribution in [3.05, 3.63) is 94.8 Å². The van der Waals surface area contributed by atoms with Gasteiger partial charge in [-0.3, -0.25) is 13.9 Å². The van der Waals surface area contributed by atoms with E-state index in [2.05, 4.69) is 5.32 Å². The Bertz CT molecular complexity index is 1420. The summed E-state index contributed by atoms with van der Waals surface area (Å²) in [5, 5.41) is 2.61. The van der Waals surface area contributed by atoms with Gasteiger partial charge in [0.25, 0.3) is 10.0 Å². The van der Waals surface area contributed by atoms with Gasteiger partial charge in [0.15, 0.2) is 0 Å². The number of halogens is 2. The monoisotopic (exact) mass is 573 g/mol. The van der Waals surface area contributed by atoms with Crippen molar-refractivity contribution in [3.8, 4) is 0 Å². The van der Waals surface area contributed by atoms with E-state index in [9.17, 15) is 22.4 Å². The lowest BCUT2D eigenvalue weighted by Gasteiger charge is -2.32. The van der Waals surface area contributed by atoms with Crippen molar-refractivity contribution in [3.63, 3.8) is 0 Å². The van der Waals surface area contributed by atoms with Gasteiger partial charge in [0.1, 0.15) is 18.4 Å². The van der Waals surface area contributed by atoms with Gasteiger partial charge >= 0.3 is 0 Å². The fraction of sp³-hybridized carbons (Fsp3) is 0.310. The van der Waals surface area contributed by atoms with Gasteiger partial charge in [-0.1, -0.05) is 66.6 Å². The molecule has 0 aliphatic rings. The first-order valence-corrected chi connectivity index (χ1v) is 14.4. The molecule has 3 aromatic rings. The largest absolute Gasteiger partial charge is 0.352 e. The second-order valence-electron chi connectivity index (χ2n) is 9.43. The maximum atomic E-state index is 14.0. The highest BCUT2D eigenvalue weighted by Gasteiger charge is 2.33. The fourth-order valence-electron chi connectivity index (χ4n) is 3.94. The maximum absolute atomic E-state index is 14.0. The molecule has 0 saturated heterocycles. The van der Waals surface area contributed by atoms with Gasteiger partial charge in [-0.05, 0) is 63.1 Å². The van der Waals surface area contributed by atoms with E-state index in [-0.39, 0.29) is 34.1 Å². The molecule has 3 aromatic carbocycles. The van der Waals surface area contributed by atoms with E-state index in [4.69, 9.17) is 11.6 Å². The van der Waals surface area contributed by atoms with E-state index in [1.165, 1.54) is 23.1 Å². The molecule has 2 atom stereocenters. The molecule has 2 unspecified atom stereocenters. The zero-order valence-electron chi connectivity index (χ0n) is 22.4. The number of aryl methyl sites for hydroxylation is 1. The lowest BCUT2D eigenvalue weighted by molar-refractivity contribution is -0.139. The minimum absolute atomic E-state index is 0.0193. The third-order valence-electron chi connectivity index (χ3n) is 6.40. The topological polar surface area (TPSA) is 86.8 Å². The molecule has 0 aromatic heterocycles. The van der Waals surface area contributed by atoms with Crippen LogP contribution in [0.1, 0.15) is 38.3 Å². The summed E-state index contributed by atoms with van der Waals surface area (Å²) in [4.78, 5) is 28.3. The van der Waals surface area contributed by atoms with Crippen LogP contribution in [0.4, 0.5) is 10.1 Å². The van der Waals surface area contributed by atoms with Crippen molar-refractivity contribution in [1.29, 1.82) is 0 Å². The van der Waals surface area contributed by atoms with Crippen LogP contribution >= 0.6 is 11.6 Å². The molecule has 10 heteroatoms. The predicted octanol–water partition coefficient (Wildman–Crippen LogP) is 5.31. The van der Waals surface area contributed by atoms with E-state index in [1.54, 1.807) is 25.1 Å². The number of benzene rings is 3. The molecule has 0 radical (unpaired) electrons. The first-order chi connectivity index (χ1) is 18.4. The van der Waals surface area contributed by atoms with Crippen molar-refractivity contribution in [2.24, 2.45) is 0 Å². The van der Waals surface area contributed by atoms with Crippen LogP contribution < -0.4 is 9.62 Å². The molecule has 0 fully saturated rings. The number of nitrogens with zero attached hydrogens (tertiary/aromatic N) is 2. The summed E-state index contributed by atoms with van der Waals surface area (Å²) in [7, 11) is -4.26. The van der Waals surface area contributed by atoms with Crippen molar-refractivity contribution in [2.75, 3.05) is 10.8 Å². The molecular weight excluding hydrogens is 541 g/mol. The van der Waals surface area contributed by atoms with Gasteiger partial charge in [0, 0.05) is 12.6 Å². The summed E-state index contributed by atoms with van der Waals surface area (Å²) in [5.41, 5.74) is 1.78. The van der Waals surface area contributed by atoms with E-state index >= 15 is 0 Å². The lowest BCUT2D eigenvalue weighted by Crippen LogP contribution is -2.52. The second-order valence-corrected chi connectivity index (χ2v) is 11.7. The van der Waals surface area contributed by atoms with E-state index in [0.29, 0.717) is 6.42 Å². The number of carbonyl (C=O) groups is 2. The molecule has 0 aliphatic heterocycles. The number of amides is 2. The summed E-state index contributed by atoms with van der Waals surface area (Å²) in [6.07, 6.45) is 0.707. The molecule has 3 rings (SSSR count). The normalized spacial score (nSPS) is 12.9. The molecule has 0 spiro atoms. The Morgan fingerprint density at radius 2 is 1.69 bits per heavy atom. The first-order valence-electron chi connectivity index (χ1n) is 12.6. The maximum Gasteiger partial charge on any atom is 0.264 e. The Morgan fingerprint density at radius 3 is 2.31 bits per heavy atom. The number of hydrogen-bond donors (Lipinski definition) is 1. The minimum Gasteiger partial charge on any atom is -0.352 e. The number of sulfonamides is 1. The number of anilines is 1.